The molecular formula is C9H6Cl2OS. The summed E-state index contributed by atoms with van der Waals surface area (Å²) in [4.78, 5) is 12.3. The number of ketones is 1. The van der Waals surface area contributed by atoms with E-state index in [2.05, 4.69) is 0 Å². The van der Waals surface area contributed by atoms with Crippen molar-refractivity contribution in [2.75, 3.05) is 5.75 Å². The van der Waals surface area contributed by atoms with Gasteiger partial charge in [0.1, 0.15) is 0 Å². The number of carbonyl (C=O) groups excluding carboxylic acids is 1. The Morgan fingerprint density at radius 3 is 2.85 bits per heavy atom. The minimum Gasteiger partial charge on any atom is -0.294 e. The van der Waals surface area contributed by atoms with Gasteiger partial charge in [-0.05, 0) is 12.1 Å². The third-order valence-electron chi connectivity index (χ3n) is 1.93. The van der Waals surface area contributed by atoms with Crippen LogP contribution in [0.1, 0.15) is 16.8 Å². The lowest BCUT2D eigenvalue weighted by atomic mass is 10.1. The summed E-state index contributed by atoms with van der Waals surface area (Å²) in [7, 11) is 0. The molecule has 1 aliphatic heterocycles. The van der Waals surface area contributed by atoms with Crippen LogP contribution in [0.25, 0.3) is 0 Å². The predicted molar refractivity (Wildman–Crippen MR) is 56.1 cm³/mol. The molecule has 0 saturated carbocycles. The summed E-state index contributed by atoms with van der Waals surface area (Å²) < 4.78 is 0. The van der Waals surface area contributed by atoms with Gasteiger partial charge in [-0.2, -0.15) is 0 Å². The van der Waals surface area contributed by atoms with E-state index in [1.807, 2.05) is 0 Å². The Balaban J connectivity index is 2.63. The van der Waals surface area contributed by atoms with Crippen LogP contribution in [-0.4, -0.2) is 11.5 Å². The standard InChI is InChI=1S/C9H6Cl2OS/c10-6-2-1-5-7(12)3-4-13-9(5)8(6)11/h1-2H,3-4H2. The highest BCUT2D eigenvalue weighted by Gasteiger charge is 2.20. The van der Waals surface area contributed by atoms with E-state index < -0.39 is 0 Å². The zero-order valence-electron chi connectivity index (χ0n) is 6.64. The van der Waals surface area contributed by atoms with Gasteiger partial charge < -0.3 is 0 Å². The lowest BCUT2D eigenvalue weighted by Gasteiger charge is -2.15. The van der Waals surface area contributed by atoms with Crippen molar-refractivity contribution in [2.24, 2.45) is 0 Å². The quantitative estimate of drug-likeness (QED) is 0.680. The molecule has 0 bridgehead atoms. The molecule has 0 atom stereocenters. The third-order valence-corrected chi connectivity index (χ3v) is 3.96. The van der Waals surface area contributed by atoms with Gasteiger partial charge in [0.15, 0.2) is 5.78 Å². The molecule has 1 aliphatic rings. The first-order chi connectivity index (χ1) is 6.20. The first kappa shape index (κ1) is 9.38. The lowest BCUT2D eigenvalue weighted by Crippen LogP contribution is -2.08. The number of hydrogen-bond donors (Lipinski definition) is 0. The summed E-state index contributed by atoms with van der Waals surface area (Å²) in [6, 6.07) is 3.42. The topological polar surface area (TPSA) is 17.1 Å². The maximum atomic E-state index is 11.4. The van der Waals surface area contributed by atoms with E-state index in [4.69, 9.17) is 23.2 Å². The highest BCUT2D eigenvalue weighted by Crippen LogP contribution is 2.39. The maximum absolute atomic E-state index is 11.4. The Hall–Kier alpha value is -0.180. The van der Waals surface area contributed by atoms with Gasteiger partial charge in [-0.3, -0.25) is 4.79 Å². The monoisotopic (exact) mass is 232 g/mol. The molecular weight excluding hydrogens is 227 g/mol. The summed E-state index contributed by atoms with van der Waals surface area (Å²) in [6.07, 6.45) is 0.593. The molecule has 0 unspecified atom stereocenters. The van der Waals surface area contributed by atoms with Crippen LogP contribution in [0, 0.1) is 0 Å². The number of hydrogen-bond acceptors (Lipinski definition) is 2. The van der Waals surface area contributed by atoms with Crippen molar-refractivity contribution >= 4 is 40.7 Å². The van der Waals surface area contributed by atoms with Gasteiger partial charge in [0.05, 0.1) is 10.0 Å². The molecule has 1 nitrogen and oxygen atoms in total. The number of carbonyl (C=O) groups is 1. The molecule has 0 fully saturated rings. The summed E-state index contributed by atoms with van der Waals surface area (Å²) in [5.74, 6) is 0.957. The molecule has 0 aliphatic carbocycles. The van der Waals surface area contributed by atoms with Crippen molar-refractivity contribution in [3.8, 4) is 0 Å². The Morgan fingerprint density at radius 2 is 2.08 bits per heavy atom. The van der Waals surface area contributed by atoms with E-state index in [1.165, 1.54) is 0 Å². The fourth-order valence-electron chi connectivity index (χ4n) is 1.27. The normalized spacial score (nSPS) is 15.7. The van der Waals surface area contributed by atoms with E-state index >= 15 is 0 Å². The van der Waals surface area contributed by atoms with Crippen molar-refractivity contribution in [3.05, 3.63) is 27.7 Å². The van der Waals surface area contributed by atoms with Crippen LogP contribution in [0.4, 0.5) is 0 Å². The Kier molecular flexibility index (Phi) is 2.54. The average molecular weight is 233 g/mol. The Labute approximate surface area is 90.4 Å². The third kappa shape index (κ3) is 1.58. The summed E-state index contributed by atoms with van der Waals surface area (Å²) >= 11 is 13.4. The molecule has 0 spiro atoms. The van der Waals surface area contributed by atoms with Crippen LogP contribution in [0.15, 0.2) is 17.0 Å². The maximum Gasteiger partial charge on any atom is 0.164 e. The summed E-state index contributed by atoms with van der Waals surface area (Å²) in [6.45, 7) is 0. The van der Waals surface area contributed by atoms with Crippen LogP contribution >= 0.6 is 35.0 Å². The van der Waals surface area contributed by atoms with Crippen molar-refractivity contribution in [2.45, 2.75) is 11.3 Å². The number of thioether (sulfide) groups is 1. The van der Waals surface area contributed by atoms with Crippen LogP contribution in [0.2, 0.25) is 10.0 Å². The van der Waals surface area contributed by atoms with Gasteiger partial charge in [-0.1, -0.05) is 23.2 Å². The van der Waals surface area contributed by atoms with Gasteiger partial charge in [-0.15, -0.1) is 11.8 Å². The molecule has 68 valence electrons. The largest absolute Gasteiger partial charge is 0.294 e. The molecule has 4 heteroatoms. The minimum absolute atomic E-state index is 0.160. The highest BCUT2D eigenvalue weighted by atomic mass is 35.5. The van der Waals surface area contributed by atoms with Crippen LogP contribution < -0.4 is 0 Å². The van der Waals surface area contributed by atoms with Crippen molar-refractivity contribution < 1.29 is 4.79 Å². The second kappa shape index (κ2) is 3.52. The molecule has 0 aromatic heterocycles. The SMILES string of the molecule is O=C1CCSc2c1ccc(Cl)c2Cl. The molecule has 1 aromatic rings. The molecule has 1 heterocycles. The lowest BCUT2D eigenvalue weighted by molar-refractivity contribution is 0.0985. The Morgan fingerprint density at radius 1 is 1.31 bits per heavy atom. The fourth-order valence-corrected chi connectivity index (χ4v) is 2.88. The summed E-state index contributed by atoms with van der Waals surface area (Å²) in [5.41, 5.74) is 0.714. The fraction of sp³-hybridized carbons (Fsp3) is 0.222. The average Bonchev–Trinajstić information content (AvgIpc) is 2.12. The predicted octanol–water partition coefficient (Wildman–Crippen LogP) is 3.67. The van der Waals surface area contributed by atoms with E-state index in [0.717, 1.165) is 10.6 Å². The molecule has 13 heavy (non-hydrogen) atoms. The molecule has 1 aromatic carbocycles. The molecule has 2 rings (SSSR count). The van der Waals surface area contributed by atoms with Crippen molar-refractivity contribution in [1.82, 2.24) is 0 Å². The first-order valence-electron chi connectivity index (χ1n) is 3.84. The summed E-state index contributed by atoms with van der Waals surface area (Å²) in [5, 5.41) is 1.03. The number of halogens is 2. The van der Waals surface area contributed by atoms with Crippen LogP contribution in [-0.2, 0) is 0 Å². The first-order valence-corrected chi connectivity index (χ1v) is 5.58. The number of benzene rings is 1. The van der Waals surface area contributed by atoms with E-state index in [0.29, 0.717) is 22.0 Å². The number of fused-ring (bicyclic) bond motifs is 1. The Bertz CT molecular complexity index is 376. The van der Waals surface area contributed by atoms with Gasteiger partial charge >= 0.3 is 0 Å². The van der Waals surface area contributed by atoms with E-state index in [9.17, 15) is 4.79 Å². The minimum atomic E-state index is 0.160. The smallest absolute Gasteiger partial charge is 0.164 e. The van der Waals surface area contributed by atoms with Crippen molar-refractivity contribution in [1.29, 1.82) is 0 Å². The number of rotatable bonds is 0. The van der Waals surface area contributed by atoms with E-state index in [-0.39, 0.29) is 5.78 Å². The highest BCUT2D eigenvalue weighted by molar-refractivity contribution is 7.99. The number of Topliss-reactive ketones (excluding diaryl/α,β-unsaturated/α-hetero) is 1. The van der Waals surface area contributed by atoms with E-state index in [1.54, 1.807) is 23.9 Å². The van der Waals surface area contributed by atoms with Gasteiger partial charge in [0.25, 0.3) is 0 Å². The second-order valence-electron chi connectivity index (χ2n) is 2.76. The van der Waals surface area contributed by atoms with Crippen molar-refractivity contribution in [3.63, 3.8) is 0 Å². The molecule has 0 amide bonds. The zero-order valence-corrected chi connectivity index (χ0v) is 8.97. The van der Waals surface area contributed by atoms with Crippen LogP contribution in [0.3, 0.4) is 0 Å². The van der Waals surface area contributed by atoms with Crippen LogP contribution in [0.5, 0.6) is 0 Å². The molecule has 0 saturated heterocycles. The zero-order chi connectivity index (χ0) is 9.42. The molecule has 0 N–H and O–H groups in total. The van der Waals surface area contributed by atoms with Gasteiger partial charge in [0.2, 0.25) is 0 Å². The molecule has 0 radical (unpaired) electrons. The van der Waals surface area contributed by atoms with Gasteiger partial charge in [0, 0.05) is 22.6 Å². The second-order valence-corrected chi connectivity index (χ2v) is 4.65. The van der Waals surface area contributed by atoms with Gasteiger partial charge in [-0.25, -0.2) is 0 Å².